The summed E-state index contributed by atoms with van der Waals surface area (Å²) in [4.78, 5) is 24.7. The number of amides is 1. The van der Waals surface area contributed by atoms with Crippen molar-refractivity contribution in [1.82, 2.24) is 5.32 Å². The minimum absolute atomic E-state index is 0.00461. The van der Waals surface area contributed by atoms with E-state index in [9.17, 15) is 19.8 Å². The average Bonchev–Trinajstić information content (AvgIpc) is 3.40. The third kappa shape index (κ3) is 60.1. The maximum Gasteiger partial charge on any atom is 0.305 e. The van der Waals surface area contributed by atoms with Crippen molar-refractivity contribution in [2.75, 3.05) is 13.2 Å². The van der Waals surface area contributed by atoms with Gasteiger partial charge in [-0.3, -0.25) is 9.59 Å². The molecular formula is C68H135NO5. The maximum absolute atomic E-state index is 12.5. The second-order valence-electron chi connectivity index (χ2n) is 23.9. The first-order chi connectivity index (χ1) is 36.5. The Bertz CT molecular complexity index is 1070. The molecule has 74 heavy (non-hydrogen) atoms. The van der Waals surface area contributed by atoms with Crippen LogP contribution in [0.25, 0.3) is 0 Å². The minimum atomic E-state index is -0.672. The zero-order valence-corrected chi connectivity index (χ0v) is 50.6. The van der Waals surface area contributed by atoms with E-state index in [1.807, 2.05) is 0 Å². The van der Waals surface area contributed by atoms with Crippen LogP contribution in [0.4, 0.5) is 0 Å². The molecule has 0 spiro atoms. The number of ether oxygens (including phenoxy) is 1. The monoisotopic (exact) mass is 1050 g/mol. The van der Waals surface area contributed by atoms with E-state index in [2.05, 4.69) is 19.2 Å². The predicted octanol–water partition coefficient (Wildman–Crippen LogP) is 21.8. The van der Waals surface area contributed by atoms with E-state index in [1.54, 1.807) is 0 Å². The number of hydrogen-bond acceptors (Lipinski definition) is 5. The summed E-state index contributed by atoms with van der Waals surface area (Å²) in [5.74, 6) is -0.0348. The molecule has 0 heterocycles. The summed E-state index contributed by atoms with van der Waals surface area (Å²) in [6.45, 7) is 4.98. The zero-order valence-electron chi connectivity index (χ0n) is 50.6. The summed E-state index contributed by atoms with van der Waals surface area (Å²) in [5, 5.41) is 23.4. The van der Waals surface area contributed by atoms with E-state index < -0.39 is 12.1 Å². The molecule has 2 unspecified atom stereocenters. The largest absolute Gasteiger partial charge is 0.466 e. The molecule has 1 amide bonds. The Kier molecular flexibility index (Phi) is 63.4. The van der Waals surface area contributed by atoms with Gasteiger partial charge in [-0.2, -0.15) is 0 Å². The van der Waals surface area contributed by atoms with E-state index in [-0.39, 0.29) is 18.5 Å². The third-order valence-corrected chi connectivity index (χ3v) is 16.4. The highest BCUT2D eigenvalue weighted by Gasteiger charge is 2.20. The van der Waals surface area contributed by atoms with Gasteiger partial charge in [0.2, 0.25) is 5.91 Å². The smallest absolute Gasteiger partial charge is 0.305 e. The Balaban J connectivity index is 3.40. The van der Waals surface area contributed by atoms with Crippen molar-refractivity contribution in [2.45, 2.75) is 411 Å². The van der Waals surface area contributed by atoms with Crippen LogP contribution in [-0.4, -0.2) is 47.4 Å². The molecule has 0 saturated carbocycles. The van der Waals surface area contributed by atoms with Crippen molar-refractivity contribution in [2.24, 2.45) is 0 Å². The molecule has 0 fully saturated rings. The molecule has 0 aliphatic rings. The summed E-state index contributed by atoms with van der Waals surface area (Å²) in [7, 11) is 0. The number of carbonyl (C=O) groups excluding carboxylic acids is 2. The van der Waals surface area contributed by atoms with Crippen molar-refractivity contribution in [3.63, 3.8) is 0 Å². The van der Waals surface area contributed by atoms with Gasteiger partial charge < -0.3 is 20.3 Å². The zero-order chi connectivity index (χ0) is 53.6. The molecule has 0 radical (unpaired) electrons. The maximum atomic E-state index is 12.5. The number of aliphatic hydroxyl groups excluding tert-OH is 2. The number of esters is 1. The second kappa shape index (κ2) is 64.4. The molecule has 0 bridgehead atoms. The van der Waals surface area contributed by atoms with Gasteiger partial charge in [-0.05, 0) is 25.7 Å². The minimum Gasteiger partial charge on any atom is -0.466 e. The van der Waals surface area contributed by atoms with Crippen LogP contribution >= 0.6 is 0 Å². The van der Waals surface area contributed by atoms with Gasteiger partial charge in [0.25, 0.3) is 0 Å². The summed E-state index contributed by atoms with van der Waals surface area (Å²) < 4.78 is 5.50. The first-order valence-electron chi connectivity index (χ1n) is 34.3. The molecule has 0 aromatic rings. The first kappa shape index (κ1) is 72.9. The number of unbranched alkanes of at least 4 members (excludes halogenated alkanes) is 54. The number of nitrogens with one attached hydrogen (secondary N) is 1. The highest BCUT2D eigenvalue weighted by Crippen LogP contribution is 2.19. The highest BCUT2D eigenvalue weighted by molar-refractivity contribution is 5.76. The average molecular weight is 1050 g/mol. The molecule has 0 aromatic carbocycles. The lowest BCUT2D eigenvalue weighted by Gasteiger charge is -2.22. The normalized spacial score (nSPS) is 12.4. The van der Waals surface area contributed by atoms with Crippen LogP contribution in [0.5, 0.6) is 0 Å². The van der Waals surface area contributed by atoms with Gasteiger partial charge in [0.15, 0.2) is 0 Å². The van der Waals surface area contributed by atoms with Gasteiger partial charge in [-0.15, -0.1) is 0 Å². The topological polar surface area (TPSA) is 95.9 Å². The standard InChI is InChI=1S/C68H135NO5/c1-3-5-7-9-11-13-15-17-19-21-23-24-25-26-27-29-30-32-36-40-44-48-52-56-60-66(71)65(64-70)69-67(72)61-57-53-49-45-41-37-34-35-39-43-47-51-55-59-63-74-68(73)62-58-54-50-46-42-38-33-31-28-22-20-18-16-14-12-10-8-6-4-2/h65-66,70-71H,3-64H2,1-2H3,(H,69,72). The molecular weight excluding hydrogens is 911 g/mol. The van der Waals surface area contributed by atoms with Crippen LogP contribution in [0.15, 0.2) is 0 Å². The van der Waals surface area contributed by atoms with Crippen LogP contribution in [0, 0.1) is 0 Å². The number of aliphatic hydroxyl groups is 2. The first-order valence-corrected chi connectivity index (χ1v) is 34.3. The summed E-state index contributed by atoms with van der Waals surface area (Å²) in [6, 6.07) is -0.550. The van der Waals surface area contributed by atoms with Crippen molar-refractivity contribution >= 4 is 11.9 Å². The molecule has 0 rings (SSSR count). The number of hydrogen-bond donors (Lipinski definition) is 3. The van der Waals surface area contributed by atoms with Crippen molar-refractivity contribution in [3.8, 4) is 0 Å². The molecule has 0 aliphatic carbocycles. The molecule has 2 atom stereocenters. The fourth-order valence-corrected chi connectivity index (χ4v) is 11.2. The van der Waals surface area contributed by atoms with E-state index in [0.717, 1.165) is 51.4 Å². The Hall–Kier alpha value is -1.14. The van der Waals surface area contributed by atoms with E-state index >= 15 is 0 Å². The van der Waals surface area contributed by atoms with E-state index in [1.165, 1.54) is 315 Å². The van der Waals surface area contributed by atoms with Gasteiger partial charge >= 0.3 is 5.97 Å². The predicted molar refractivity (Wildman–Crippen MR) is 324 cm³/mol. The highest BCUT2D eigenvalue weighted by atomic mass is 16.5. The van der Waals surface area contributed by atoms with Gasteiger partial charge in [0.05, 0.1) is 25.4 Å². The molecule has 442 valence electrons. The molecule has 0 aliphatic heterocycles. The Morgan fingerprint density at radius 2 is 0.554 bits per heavy atom. The SMILES string of the molecule is CCCCCCCCCCCCCCCCCCCCCCCCCCC(O)C(CO)NC(=O)CCCCCCCCCCCCCCCCOC(=O)CCCCCCCCCCCCCCCCCCCCC. The molecule has 6 nitrogen and oxygen atoms in total. The van der Waals surface area contributed by atoms with Gasteiger partial charge in [-0.25, -0.2) is 0 Å². The van der Waals surface area contributed by atoms with Gasteiger partial charge in [0.1, 0.15) is 0 Å². The fraction of sp³-hybridized carbons (Fsp3) is 0.971. The van der Waals surface area contributed by atoms with Crippen molar-refractivity contribution in [1.29, 1.82) is 0 Å². The summed E-state index contributed by atoms with van der Waals surface area (Å²) in [5.41, 5.74) is 0. The second-order valence-corrected chi connectivity index (χ2v) is 23.9. The molecule has 6 heteroatoms. The van der Waals surface area contributed by atoms with E-state index in [4.69, 9.17) is 4.74 Å². The van der Waals surface area contributed by atoms with Crippen LogP contribution in [-0.2, 0) is 14.3 Å². The summed E-state index contributed by atoms with van der Waals surface area (Å²) >= 11 is 0. The Morgan fingerprint density at radius 1 is 0.324 bits per heavy atom. The lowest BCUT2D eigenvalue weighted by Crippen LogP contribution is -2.45. The van der Waals surface area contributed by atoms with Gasteiger partial charge in [-0.1, -0.05) is 361 Å². The third-order valence-electron chi connectivity index (χ3n) is 16.4. The Morgan fingerprint density at radius 3 is 0.824 bits per heavy atom. The quantitative estimate of drug-likeness (QED) is 0.0417. The molecule has 3 N–H and O–H groups in total. The number of rotatable bonds is 65. The molecule has 0 saturated heterocycles. The van der Waals surface area contributed by atoms with Crippen molar-refractivity contribution < 1.29 is 24.5 Å². The van der Waals surface area contributed by atoms with Crippen LogP contribution < -0.4 is 5.32 Å². The number of carbonyl (C=O) groups is 2. The lowest BCUT2D eigenvalue weighted by atomic mass is 10.0. The van der Waals surface area contributed by atoms with Crippen LogP contribution in [0.1, 0.15) is 399 Å². The van der Waals surface area contributed by atoms with E-state index in [0.29, 0.717) is 25.9 Å². The molecule has 0 aromatic heterocycles. The van der Waals surface area contributed by atoms with Crippen LogP contribution in [0.3, 0.4) is 0 Å². The summed E-state index contributed by atoms with van der Waals surface area (Å²) in [6.07, 6.45) is 77.0. The van der Waals surface area contributed by atoms with Crippen LogP contribution in [0.2, 0.25) is 0 Å². The van der Waals surface area contributed by atoms with Gasteiger partial charge in [0, 0.05) is 12.8 Å². The van der Waals surface area contributed by atoms with Crippen molar-refractivity contribution in [3.05, 3.63) is 0 Å². The fourth-order valence-electron chi connectivity index (χ4n) is 11.2. The lowest BCUT2D eigenvalue weighted by molar-refractivity contribution is -0.143. The Labute approximate surface area is 464 Å².